The minimum atomic E-state index is -0.101. The molecule has 5 heteroatoms. The largest absolute Gasteiger partial charge is 0.393 e. The minimum Gasteiger partial charge on any atom is -0.393 e. The van der Waals surface area contributed by atoms with Crippen LogP contribution in [0, 0.1) is 5.92 Å². The van der Waals surface area contributed by atoms with Crippen LogP contribution in [-0.2, 0) is 4.74 Å². The van der Waals surface area contributed by atoms with Crippen LogP contribution < -0.4 is 5.32 Å². The van der Waals surface area contributed by atoms with Gasteiger partial charge in [-0.1, -0.05) is 0 Å². The van der Waals surface area contributed by atoms with E-state index in [1.165, 1.54) is 52.0 Å². The number of piperidine rings is 1. The molecule has 0 aromatic heterocycles. The maximum Gasteiger partial charge on any atom is 0.0625 e. The van der Waals surface area contributed by atoms with Gasteiger partial charge in [0.1, 0.15) is 0 Å². The molecule has 5 nitrogen and oxygen atoms in total. The number of aliphatic hydroxyl groups excluding tert-OH is 1. The van der Waals surface area contributed by atoms with Crippen LogP contribution in [0.3, 0.4) is 0 Å². The van der Waals surface area contributed by atoms with E-state index in [2.05, 4.69) is 15.1 Å². The van der Waals surface area contributed by atoms with Crippen molar-refractivity contribution in [2.24, 2.45) is 5.92 Å². The molecule has 0 spiro atoms. The first kappa shape index (κ1) is 16.7. The van der Waals surface area contributed by atoms with E-state index in [1.807, 2.05) is 0 Å². The van der Waals surface area contributed by atoms with Crippen molar-refractivity contribution in [2.45, 2.75) is 44.3 Å². The second-order valence-electron chi connectivity index (χ2n) is 7.28. The smallest absolute Gasteiger partial charge is 0.0625 e. The molecule has 1 aliphatic carbocycles. The molecule has 0 aromatic rings. The van der Waals surface area contributed by atoms with Gasteiger partial charge in [0, 0.05) is 32.7 Å². The second kappa shape index (κ2) is 8.60. The number of hydrogen-bond donors (Lipinski definition) is 2. The Morgan fingerprint density at radius 1 is 0.955 bits per heavy atom. The molecule has 0 bridgehead atoms. The molecule has 0 aromatic carbocycles. The van der Waals surface area contributed by atoms with E-state index in [9.17, 15) is 5.11 Å². The number of piperazine rings is 1. The van der Waals surface area contributed by atoms with Gasteiger partial charge in [-0.25, -0.2) is 0 Å². The van der Waals surface area contributed by atoms with E-state index in [-0.39, 0.29) is 6.10 Å². The molecule has 0 atom stereocenters. The molecule has 3 fully saturated rings. The van der Waals surface area contributed by atoms with Gasteiger partial charge >= 0.3 is 0 Å². The average Bonchev–Trinajstić information content (AvgIpc) is 2.53. The fourth-order valence-electron chi connectivity index (χ4n) is 3.82. The average molecular weight is 311 g/mol. The summed E-state index contributed by atoms with van der Waals surface area (Å²) in [6, 6.07) is 0. The molecule has 2 heterocycles. The summed E-state index contributed by atoms with van der Waals surface area (Å²) in [5.74, 6) is 0.925. The van der Waals surface area contributed by atoms with Crippen molar-refractivity contribution in [3.63, 3.8) is 0 Å². The van der Waals surface area contributed by atoms with Gasteiger partial charge < -0.3 is 25.0 Å². The summed E-state index contributed by atoms with van der Waals surface area (Å²) in [6.07, 6.45) is 6.00. The summed E-state index contributed by atoms with van der Waals surface area (Å²) in [6.45, 7) is 10.5. The Balaban J connectivity index is 1.21. The molecule has 3 rings (SSSR count). The number of ether oxygens (including phenoxy) is 1. The fraction of sp³-hybridized carbons (Fsp3) is 1.00. The molecule has 2 N–H and O–H groups in total. The lowest BCUT2D eigenvalue weighted by molar-refractivity contribution is -0.0755. The highest BCUT2D eigenvalue weighted by Gasteiger charge is 2.28. The van der Waals surface area contributed by atoms with Gasteiger partial charge in [-0.05, 0) is 57.7 Å². The Hall–Kier alpha value is -0.200. The lowest BCUT2D eigenvalue weighted by Gasteiger charge is -2.35. The maximum atomic E-state index is 9.24. The number of nitrogens with one attached hydrogen (secondary N) is 1. The first-order valence-corrected chi connectivity index (χ1v) is 9.24. The number of rotatable bonds is 7. The van der Waals surface area contributed by atoms with Gasteiger partial charge in [-0.2, -0.15) is 0 Å². The number of nitrogens with zero attached hydrogens (tertiary/aromatic N) is 2. The molecule has 0 unspecified atom stereocenters. The van der Waals surface area contributed by atoms with Crippen molar-refractivity contribution >= 4 is 0 Å². The highest BCUT2D eigenvalue weighted by molar-refractivity contribution is 4.80. The monoisotopic (exact) mass is 311 g/mol. The van der Waals surface area contributed by atoms with Crippen LogP contribution in [0.1, 0.15) is 32.1 Å². The number of hydrogen-bond acceptors (Lipinski definition) is 5. The van der Waals surface area contributed by atoms with Gasteiger partial charge in [0.05, 0.1) is 18.8 Å². The molecule has 128 valence electrons. The summed E-state index contributed by atoms with van der Waals surface area (Å²) in [7, 11) is 0. The quantitative estimate of drug-likeness (QED) is 0.718. The fourth-order valence-corrected chi connectivity index (χ4v) is 3.82. The molecule has 2 saturated heterocycles. The molecule has 2 aliphatic heterocycles. The Kier molecular flexibility index (Phi) is 6.51. The van der Waals surface area contributed by atoms with Gasteiger partial charge in [-0.15, -0.1) is 0 Å². The number of aliphatic hydroxyl groups is 1. The molecule has 0 radical (unpaired) electrons. The minimum absolute atomic E-state index is 0.101. The lowest BCUT2D eigenvalue weighted by Crippen LogP contribution is -2.44. The third-order valence-corrected chi connectivity index (χ3v) is 5.60. The summed E-state index contributed by atoms with van der Waals surface area (Å²) in [5.41, 5.74) is 0. The SMILES string of the molecule is OC1CC(OCCN2CCC(CCN3CCNCC3)CC2)C1. The van der Waals surface area contributed by atoms with Crippen LogP contribution in [0.5, 0.6) is 0 Å². The summed E-state index contributed by atoms with van der Waals surface area (Å²) < 4.78 is 5.79. The zero-order chi connectivity index (χ0) is 15.2. The molecule has 1 saturated carbocycles. The Morgan fingerprint density at radius 2 is 1.64 bits per heavy atom. The van der Waals surface area contributed by atoms with Crippen molar-refractivity contribution < 1.29 is 9.84 Å². The van der Waals surface area contributed by atoms with Crippen LogP contribution in [0.4, 0.5) is 0 Å². The second-order valence-corrected chi connectivity index (χ2v) is 7.28. The topological polar surface area (TPSA) is 48.0 Å². The lowest BCUT2D eigenvalue weighted by atomic mass is 9.92. The summed E-state index contributed by atoms with van der Waals surface area (Å²) >= 11 is 0. The van der Waals surface area contributed by atoms with E-state index in [0.717, 1.165) is 45.0 Å². The van der Waals surface area contributed by atoms with Crippen molar-refractivity contribution in [2.75, 3.05) is 59.0 Å². The van der Waals surface area contributed by atoms with Gasteiger partial charge in [0.15, 0.2) is 0 Å². The molecular formula is C17H33N3O2. The summed E-state index contributed by atoms with van der Waals surface area (Å²) in [4.78, 5) is 5.17. The van der Waals surface area contributed by atoms with E-state index in [1.54, 1.807) is 0 Å². The van der Waals surface area contributed by atoms with Gasteiger partial charge in [0.25, 0.3) is 0 Å². The Bertz CT molecular complexity index is 309. The van der Waals surface area contributed by atoms with E-state index in [4.69, 9.17) is 4.74 Å². The molecule has 22 heavy (non-hydrogen) atoms. The van der Waals surface area contributed by atoms with Crippen LogP contribution >= 0.6 is 0 Å². The van der Waals surface area contributed by atoms with Crippen LogP contribution in [0.15, 0.2) is 0 Å². The normalized spacial score (nSPS) is 32.0. The van der Waals surface area contributed by atoms with E-state index in [0.29, 0.717) is 6.10 Å². The Labute approximate surface area is 135 Å². The van der Waals surface area contributed by atoms with Crippen LogP contribution in [0.25, 0.3) is 0 Å². The van der Waals surface area contributed by atoms with Crippen molar-refractivity contribution in [1.82, 2.24) is 15.1 Å². The van der Waals surface area contributed by atoms with E-state index < -0.39 is 0 Å². The van der Waals surface area contributed by atoms with Crippen molar-refractivity contribution in [3.05, 3.63) is 0 Å². The summed E-state index contributed by atoms with van der Waals surface area (Å²) in [5, 5.41) is 12.7. The zero-order valence-corrected chi connectivity index (χ0v) is 13.9. The standard InChI is InChI=1S/C17H33N3O2/c21-16-13-17(14-16)22-12-11-19-6-1-15(2-7-19)3-8-20-9-4-18-5-10-20/h15-18,21H,1-14H2. The van der Waals surface area contributed by atoms with Crippen molar-refractivity contribution in [3.8, 4) is 0 Å². The predicted molar refractivity (Wildman–Crippen MR) is 88.1 cm³/mol. The van der Waals surface area contributed by atoms with Crippen molar-refractivity contribution in [1.29, 1.82) is 0 Å². The highest BCUT2D eigenvalue weighted by atomic mass is 16.5. The predicted octanol–water partition coefficient (Wildman–Crippen LogP) is 0.534. The molecule has 0 amide bonds. The third-order valence-electron chi connectivity index (χ3n) is 5.60. The van der Waals surface area contributed by atoms with Gasteiger partial charge in [-0.3, -0.25) is 0 Å². The van der Waals surface area contributed by atoms with Crippen LogP contribution in [-0.4, -0.2) is 86.1 Å². The first-order chi connectivity index (χ1) is 10.8. The van der Waals surface area contributed by atoms with Gasteiger partial charge in [0.2, 0.25) is 0 Å². The maximum absolute atomic E-state index is 9.24. The molecular weight excluding hydrogens is 278 g/mol. The zero-order valence-electron chi connectivity index (χ0n) is 13.9. The Morgan fingerprint density at radius 3 is 2.32 bits per heavy atom. The number of likely N-dealkylation sites (tertiary alicyclic amines) is 1. The highest BCUT2D eigenvalue weighted by Crippen LogP contribution is 2.23. The van der Waals surface area contributed by atoms with E-state index >= 15 is 0 Å². The molecule has 3 aliphatic rings. The third kappa shape index (κ3) is 5.17. The first-order valence-electron chi connectivity index (χ1n) is 9.24. The van der Waals surface area contributed by atoms with Crippen LogP contribution in [0.2, 0.25) is 0 Å².